The largest absolute Gasteiger partial charge is 0.383 e. The zero-order chi connectivity index (χ0) is 15.7. The summed E-state index contributed by atoms with van der Waals surface area (Å²) in [5.74, 6) is 0.472. The molecule has 1 fully saturated rings. The second-order valence-electron chi connectivity index (χ2n) is 7.06. The fourth-order valence-electron chi connectivity index (χ4n) is 3.11. The predicted octanol–water partition coefficient (Wildman–Crippen LogP) is 1.96. The van der Waals surface area contributed by atoms with Gasteiger partial charge in [-0.05, 0) is 25.7 Å². The van der Waals surface area contributed by atoms with Crippen LogP contribution in [-0.2, 0) is 17.4 Å². The van der Waals surface area contributed by atoms with Crippen LogP contribution in [0.2, 0.25) is 0 Å². The highest BCUT2D eigenvalue weighted by Crippen LogP contribution is 2.39. The average Bonchev–Trinajstić information content (AvgIpc) is 3.06. The van der Waals surface area contributed by atoms with Gasteiger partial charge in [0.25, 0.3) is 0 Å². The maximum absolute atomic E-state index is 12.5. The zero-order valence-corrected chi connectivity index (χ0v) is 13.5. The van der Waals surface area contributed by atoms with Crippen LogP contribution in [0.4, 0.5) is 0 Å². The lowest BCUT2D eigenvalue weighted by molar-refractivity contribution is -0.133. The number of hydrogen-bond donors (Lipinski definition) is 2. The van der Waals surface area contributed by atoms with Crippen LogP contribution in [0.5, 0.6) is 0 Å². The summed E-state index contributed by atoms with van der Waals surface area (Å²) >= 11 is 0. The molecule has 1 unspecified atom stereocenters. The summed E-state index contributed by atoms with van der Waals surface area (Å²) in [6.07, 6.45) is 8.09. The molecule has 2 rings (SSSR count). The molecule has 1 aromatic rings. The van der Waals surface area contributed by atoms with Crippen molar-refractivity contribution in [2.24, 2.45) is 18.4 Å². The van der Waals surface area contributed by atoms with Gasteiger partial charge in [0.1, 0.15) is 5.60 Å². The number of rotatable bonds is 5. The van der Waals surface area contributed by atoms with E-state index in [1.807, 2.05) is 13.8 Å². The van der Waals surface area contributed by atoms with Crippen molar-refractivity contribution in [3.8, 4) is 0 Å². The smallest absolute Gasteiger partial charge is 0.226 e. The van der Waals surface area contributed by atoms with E-state index in [1.54, 1.807) is 31.0 Å². The number of nitrogens with zero attached hydrogens (tertiary/aromatic N) is 2. The molecule has 0 aromatic carbocycles. The van der Waals surface area contributed by atoms with Gasteiger partial charge in [-0.3, -0.25) is 9.48 Å². The third kappa shape index (κ3) is 3.46. The van der Waals surface area contributed by atoms with Crippen molar-refractivity contribution in [1.29, 1.82) is 0 Å². The van der Waals surface area contributed by atoms with E-state index in [4.69, 9.17) is 0 Å². The standard InChI is InChI=1S/C16H27N3O2/c1-15(2,12-7-5-6-8-12)14(20)17-11-16(3,21)13-9-18-19(4)10-13/h9-10,12,21H,5-8,11H2,1-4H3,(H,17,20). The minimum absolute atomic E-state index is 0.0264. The Morgan fingerprint density at radius 1 is 1.43 bits per heavy atom. The SMILES string of the molecule is Cn1cc(C(C)(O)CNC(=O)C(C)(C)C2CCCC2)cn1. The second-order valence-corrected chi connectivity index (χ2v) is 7.06. The van der Waals surface area contributed by atoms with Gasteiger partial charge in [0.05, 0.1) is 12.7 Å². The van der Waals surface area contributed by atoms with Gasteiger partial charge in [0.15, 0.2) is 0 Å². The van der Waals surface area contributed by atoms with E-state index in [2.05, 4.69) is 10.4 Å². The first-order valence-corrected chi connectivity index (χ1v) is 7.73. The molecule has 0 spiro atoms. The zero-order valence-electron chi connectivity index (χ0n) is 13.5. The van der Waals surface area contributed by atoms with E-state index in [0.29, 0.717) is 11.5 Å². The summed E-state index contributed by atoms with van der Waals surface area (Å²) in [4.78, 5) is 12.5. The maximum Gasteiger partial charge on any atom is 0.226 e. The second kappa shape index (κ2) is 5.79. The molecule has 1 aromatic heterocycles. The molecule has 5 nitrogen and oxygen atoms in total. The molecule has 21 heavy (non-hydrogen) atoms. The van der Waals surface area contributed by atoms with Crippen molar-refractivity contribution in [1.82, 2.24) is 15.1 Å². The molecule has 0 aliphatic heterocycles. The molecule has 1 aliphatic rings. The number of nitrogens with one attached hydrogen (secondary N) is 1. The van der Waals surface area contributed by atoms with Crippen LogP contribution >= 0.6 is 0 Å². The molecular weight excluding hydrogens is 266 g/mol. The molecular formula is C16H27N3O2. The molecule has 5 heteroatoms. The van der Waals surface area contributed by atoms with Gasteiger partial charge < -0.3 is 10.4 Å². The molecule has 0 saturated heterocycles. The van der Waals surface area contributed by atoms with Crippen LogP contribution in [0.1, 0.15) is 52.0 Å². The summed E-state index contributed by atoms with van der Waals surface area (Å²) in [6.45, 7) is 5.93. The number of amides is 1. The number of hydrogen-bond acceptors (Lipinski definition) is 3. The summed E-state index contributed by atoms with van der Waals surface area (Å²) in [5, 5.41) is 17.5. The quantitative estimate of drug-likeness (QED) is 0.872. The van der Waals surface area contributed by atoms with Crippen molar-refractivity contribution in [3.05, 3.63) is 18.0 Å². The third-order valence-corrected chi connectivity index (χ3v) is 4.88. The number of aryl methyl sites for hydroxylation is 1. The Kier molecular flexibility index (Phi) is 4.42. The van der Waals surface area contributed by atoms with E-state index in [-0.39, 0.29) is 17.9 Å². The van der Waals surface area contributed by atoms with Crippen molar-refractivity contribution in [2.45, 2.75) is 52.1 Å². The third-order valence-electron chi connectivity index (χ3n) is 4.88. The van der Waals surface area contributed by atoms with Gasteiger partial charge in [-0.2, -0.15) is 5.10 Å². The van der Waals surface area contributed by atoms with Crippen LogP contribution in [0.3, 0.4) is 0 Å². The van der Waals surface area contributed by atoms with E-state index in [1.165, 1.54) is 12.8 Å². The number of carbonyl (C=O) groups excluding carboxylic acids is 1. The van der Waals surface area contributed by atoms with Crippen LogP contribution in [0.15, 0.2) is 12.4 Å². The number of carbonyl (C=O) groups is 1. The van der Waals surface area contributed by atoms with Gasteiger partial charge in [-0.1, -0.05) is 26.7 Å². The van der Waals surface area contributed by atoms with Gasteiger partial charge in [0, 0.05) is 24.2 Å². The van der Waals surface area contributed by atoms with Gasteiger partial charge in [-0.25, -0.2) is 0 Å². The number of aliphatic hydroxyl groups is 1. The van der Waals surface area contributed by atoms with Crippen LogP contribution < -0.4 is 5.32 Å². The molecule has 118 valence electrons. The van der Waals surface area contributed by atoms with E-state index in [9.17, 15) is 9.90 Å². The Labute approximate surface area is 126 Å². The molecule has 0 radical (unpaired) electrons. The van der Waals surface area contributed by atoms with E-state index >= 15 is 0 Å². The van der Waals surface area contributed by atoms with Gasteiger partial charge in [-0.15, -0.1) is 0 Å². The first-order valence-electron chi connectivity index (χ1n) is 7.73. The molecule has 1 aliphatic carbocycles. The minimum Gasteiger partial charge on any atom is -0.383 e. The molecule has 1 amide bonds. The summed E-state index contributed by atoms with van der Waals surface area (Å²) in [7, 11) is 1.81. The molecule has 1 heterocycles. The fourth-order valence-corrected chi connectivity index (χ4v) is 3.11. The lowest BCUT2D eigenvalue weighted by atomic mass is 9.77. The van der Waals surface area contributed by atoms with E-state index in [0.717, 1.165) is 12.8 Å². The molecule has 1 saturated carbocycles. The van der Waals surface area contributed by atoms with E-state index < -0.39 is 5.60 Å². The Hall–Kier alpha value is -1.36. The van der Waals surface area contributed by atoms with Crippen molar-refractivity contribution in [3.63, 3.8) is 0 Å². The monoisotopic (exact) mass is 293 g/mol. The molecule has 2 N–H and O–H groups in total. The highest BCUT2D eigenvalue weighted by atomic mass is 16.3. The van der Waals surface area contributed by atoms with Gasteiger partial charge >= 0.3 is 0 Å². The summed E-state index contributed by atoms with van der Waals surface area (Å²) in [5.41, 5.74) is -0.763. The first-order chi connectivity index (χ1) is 9.73. The Bertz CT molecular complexity index is 499. The number of aromatic nitrogens is 2. The summed E-state index contributed by atoms with van der Waals surface area (Å²) in [6, 6.07) is 0. The highest BCUT2D eigenvalue weighted by molar-refractivity contribution is 5.82. The Morgan fingerprint density at radius 3 is 2.57 bits per heavy atom. The summed E-state index contributed by atoms with van der Waals surface area (Å²) < 4.78 is 1.65. The van der Waals surface area contributed by atoms with Crippen molar-refractivity contribution < 1.29 is 9.90 Å². The van der Waals surface area contributed by atoms with Crippen molar-refractivity contribution in [2.75, 3.05) is 6.54 Å². The normalized spacial score (nSPS) is 19.5. The fraction of sp³-hybridized carbons (Fsp3) is 0.750. The van der Waals surface area contributed by atoms with Gasteiger partial charge in [0.2, 0.25) is 5.91 Å². The highest BCUT2D eigenvalue weighted by Gasteiger charge is 2.38. The maximum atomic E-state index is 12.5. The van der Waals surface area contributed by atoms with Crippen molar-refractivity contribution >= 4 is 5.91 Å². The van der Waals surface area contributed by atoms with Crippen LogP contribution in [0, 0.1) is 11.3 Å². The lowest BCUT2D eigenvalue weighted by Crippen LogP contribution is -2.46. The Morgan fingerprint density at radius 2 is 2.05 bits per heavy atom. The lowest BCUT2D eigenvalue weighted by Gasteiger charge is -2.32. The first kappa shape index (κ1) is 16.0. The predicted molar refractivity (Wildman–Crippen MR) is 81.5 cm³/mol. The molecule has 1 atom stereocenters. The topological polar surface area (TPSA) is 67.2 Å². The van der Waals surface area contributed by atoms with Crippen LogP contribution in [0.25, 0.3) is 0 Å². The average molecular weight is 293 g/mol. The Balaban J connectivity index is 1.96. The van der Waals surface area contributed by atoms with Crippen LogP contribution in [-0.4, -0.2) is 27.3 Å². The minimum atomic E-state index is -1.10. The molecule has 0 bridgehead atoms.